The number of benzene rings is 1. The highest BCUT2D eigenvalue weighted by atomic mass is 32.2. The second-order valence-corrected chi connectivity index (χ2v) is 6.54. The van der Waals surface area contributed by atoms with E-state index in [0.717, 1.165) is 25.2 Å². The van der Waals surface area contributed by atoms with Crippen LogP contribution in [0.3, 0.4) is 0 Å². The quantitative estimate of drug-likeness (QED) is 0.826. The molecule has 1 saturated heterocycles. The van der Waals surface area contributed by atoms with Crippen molar-refractivity contribution in [3.63, 3.8) is 0 Å². The zero-order valence-electron chi connectivity index (χ0n) is 10.6. The summed E-state index contributed by atoms with van der Waals surface area (Å²) in [6, 6.07) is 5.11. The summed E-state index contributed by atoms with van der Waals surface area (Å²) in [6.45, 7) is 1.57. The molecule has 2 rings (SSSR count). The Bertz CT molecular complexity index is 542. The van der Waals surface area contributed by atoms with Gasteiger partial charge in [-0.2, -0.15) is 0 Å². The third-order valence-electron chi connectivity index (χ3n) is 3.26. The Morgan fingerprint density at radius 1 is 1.44 bits per heavy atom. The first kappa shape index (κ1) is 13.2. The second kappa shape index (κ2) is 4.78. The highest BCUT2D eigenvalue weighted by Crippen LogP contribution is 2.32. The topological polar surface area (TPSA) is 72.6 Å². The zero-order valence-corrected chi connectivity index (χ0v) is 11.4. The molecule has 0 bridgehead atoms. The number of sulfone groups is 1. The van der Waals surface area contributed by atoms with Crippen molar-refractivity contribution >= 4 is 21.2 Å². The van der Waals surface area contributed by atoms with Gasteiger partial charge in [-0.1, -0.05) is 6.07 Å². The lowest BCUT2D eigenvalue weighted by Gasteiger charge is -2.21. The van der Waals surface area contributed by atoms with Gasteiger partial charge in [-0.3, -0.25) is 0 Å². The molecule has 1 aliphatic rings. The lowest BCUT2D eigenvalue weighted by atomic mass is 10.2. The molecule has 0 amide bonds. The van der Waals surface area contributed by atoms with Gasteiger partial charge in [0, 0.05) is 26.5 Å². The molecular formula is C12H18N2O3S. The summed E-state index contributed by atoms with van der Waals surface area (Å²) in [6.07, 6.45) is 2.29. The van der Waals surface area contributed by atoms with Crippen LogP contribution in [-0.4, -0.2) is 41.0 Å². The Morgan fingerprint density at radius 3 is 2.72 bits per heavy atom. The number of para-hydroxylation sites is 1. The molecule has 18 heavy (non-hydrogen) atoms. The van der Waals surface area contributed by atoms with Crippen LogP contribution in [0.2, 0.25) is 0 Å². The van der Waals surface area contributed by atoms with Gasteiger partial charge in [-0.15, -0.1) is 0 Å². The van der Waals surface area contributed by atoms with Gasteiger partial charge in [-0.05, 0) is 18.6 Å². The number of ether oxygens (including phenoxy) is 1. The summed E-state index contributed by atoms with van der Waals surface area (Å²) in [5.74, 6) is 0. The third kappa shape index (κ3) is 2.44. The Hall–Kier alpha value is -1.27. The molecule has 1 atom stereocenters. The monoisotopic (exact) mass is 270 g/mol. The van der Waals surface area contributed by atoms with Crippen molar-refractivity contribution in [3.05, 3.63) is 18.2 Å². The van der Waals surface area contributed by atoms with Crippen molar-refractivity contribution in [2.45, 2.75) is 17.4 Å². The van der Waals surface area contributed by atoms with E-state index >= 15 is 0 Å². The Kier molecular flexibility index (Phi) is 3.49. The summed E-state index contributed by atoms with van der Waals surface area (Å²) in [5.41, 5.74) is 7.08. The fourth-order valence-electron chi connectivity index (χ4n) is 2.27. The van der Waals surface area contributed by atoms with Gasteiger partial charge < -0.3 is 15.4 Å². The van der Waals surface area contributed by atoms with Gasteiger partial charge >= 0.3 is 0 Å². The first-order valence-corrected chi connectivity index (χ1v) is 7.69. The first-order chi connectivity index (χ1) is 8.43. The molecule has 0 spiro atoms. The number of nitrogens with zero attached hydrogens (tertiary/aromatic N) is 1. The highest BCUT2D eigenvalue weighted by Gasteiger charge is 2.25. The van der Waals surface area contributed by atoms with Crippen molar-refractivity contribution in [2.24, 2.45) is 0 Å². The van der Waals surface area contributed by atoms with Gasteiger partial charge in [0.1, 0.15) is 0 Å². The predicted octanol–water partition coefficient (Wildman–Crippen LogP) is 0.897. The number of nitrogen functional groups attached to an aromatic ring is 1. The predicted molar refractivity (Wildman–Crippen MR) is 71.6 cm³/mol. The zero-order chi connectivity index (χ0) is 13.3. The number of anilines is 2. The molecule has 2 N–H and O–H groups in total. The maximum Gasteiger partial charge on any atom is 0.177 e. The normalized spacial score (nSPS) is 20.3. The van der Waals surface area contributed by atoms with E-state index in [1.54, 1.807) is 13.2 Å². The minimum absolute atomic E-state index is 0.186. The number of hydrogen-bond acceptors (Lipinski definition) is 5. The van der Waals surface area contributed by atoms with E-state index in [9.17, 15) is 8.42 Å². The Balaban J connectivity index is 2.36. The SMILES string of the molecule is COC1CCN(c2cccc(S(C)(=O)=O)c2N)C1. The fourth-order valence-corrected chi connectivity index (χ4v) is 3.10. The molecular weight excluding hydrogens is 252 g/mol. The van der Waals surface area contributed by atoms with Crippen LogP contribution in [0.1, 0.15) is 6.42 Å². The summed E-state index contributed by atoms with van der Waals surface area (Å²) in [4.78, 5) is 2.26. The van der Waals surface area contributed by atoms with E-state index in [0.29, 0.717) is 5.69 Å². The molecule has 1 unspecified atom stereocenters. The van der Waals surface area contributed by atoms with Crippen LogP contribution < -0.4 is 10.6 Å². The standard InChI is InChI=1S/C12H18N2O3S/c1-17-9-6-7-14(8-9)10-4-3-5-11(12(10)13)18(2,15)16/h3-5,9H,6-8,13H2,1-2H3. The van der Waals surface area contributed by atoms with Crippen LogP contribution in [0.15, 0.2) is 23.1 Å². The Morgan fingerprint density at radius 2 is 2.17 bits per heavy atom. The van der Waals surface area contributed by atoms with E-state index in [4.69, 9.17) is 10.5 Å². The average Bonchev–Trinajstić information content (AvgIpc) is 2.76. The van der Waals surface area contributed by atoms with Crippen molar-refractivity contribution in [3.8, 4) is 0 Å². The van der Waals surface area contributed by atoms with E-state index < -0.39 is 9.84 Å². The minimum atomic E-state index is -3.29. The molecule has 100 valence electrons. The van der Waals surface area contributed by atoms with Crippen LogP contribution in [-0.2, 0) is 14.6 Å². The van der Waals surface area contributed by atoms with Crippen LogP contribution in [0, 0.1) is 0 Å². The number of hydrogen-bond donors (Lipinski definition) is 1. The lowest BCUT2D eigenvalue weighted by molar-refractivity contribution is 0.121. The molecule has 6 heteroatoms. The number of nitrogens with two attached hydrogens (primary N) is 1. The first-order valence-electron chi connectivity index (χ1n) is 5.79. The van der Waals surface area contributed by atoms with E-state index in [2.05, 4.69) is 4.90 Å². The smallest absolute Gasteiger partial charge is 0.177 e. The van der Waals surface area contributed by atoms with Crippen molar-refractivity contribution in [1.29, 1.82) is 0 Å². The molecule has 0 radical (unpaired) electrons. The lowest BCUT2D eigenvalue weighted by Crippen LogP contribution is -2.23. The van der Waals surface area contributed by atoms with E-state index in [-0.39, 0.29) is 11.0 Å². The number of rotatable bonds is 3. The fraction of sp³-hybridized carbons (Fsp3) is 0.500. The van der Waals surface area contributed by atoms with E-state index in [1.807, 2.05) is 6.07 Å². The van der Waals surface area contributed by atoms with Gasteiger partial charge in [0.2, 0.25) is 0 Å². The van der Waals surface area contributed by atoms with Gasteiger partial charge in [-0.25, -0.2) is 8.42 Å². The third-order valence-corrected chi connectivity index (χ3v) is 4.42. The minimum Gasteiger partial charge on any atom is -0.396 e. The molecule has 0 aliphatic carbocycles. The van der Waals surface area contributed by atoms with Crippen LogP contribution in [0.25, 0.3) is 0 Å². The summed E-state index contributed by atoms with van der Waals surface area (Å²) >= 11 is 0. The molecule has 1 heterocycles. The molecule has 1 fully saturated rings. The molecule has 1 aliphatic heterocycles. The largest absolute Gasteiger partial charge is 0.396 e. The maximum absolute atomic E-state index is 11.6. The van der Waals surface area contributed by atoms with Crippen LogP contribution >= 0.6 is 0 Å². The Labute approximate surface area is 107 Å². The summed E-state index contributed by atoms with van der Waals surface area (Å²) in [7, 11) is -1.60. The van der Waals surface area contributed by atoms with Gasteiger partial charge in [0.25, 0.3) is 0 Å². The average molecular weight is 270 g/mol. The van der Waals surface area contributed by atoms with Crippen molar-refractivity contribution in [1.82, 2.24) is 0 Å². The molecule has 5 nitrogen and oxygen atoms in total. The summed E-state index contributed by atoms with van der Waals surface area (Å²) in [5, 5.41) is 0. The van der Waals surface area contributed by atoms with E-state index in [1.165, 1.54) is 12.3 Å². The van der Waals surface area contributed by atoms with Gasteiger partial charge in [0.15, 0.2) is 9.84 Å². The van der Waals surface area contributed by atoms with Crippen LogP contribution in [0.4, 0.5) is 11.4 Å². The molecule has 1 aromatic carbocycles. The molecule has 0 aromatic heterocycles. The summed E-state index contributed by atoms with van der Waals surface area (Å²) < 4.78 is 28.5. The molecule has 1 aromatic rings. The van der Waals surface area contributed by atoms with Crippen molar-refractivity contribution in [2.75, 3.05) is 37.1 Å². The number of methoxy groups -OCH3 is 1. The maximum atomic E-state index is 11.6. The molecule has 0 saturated carbocycles. The van der Waals surface area contributed by atoms with Crippen LogP contribution in [0.5, 0.6) is 0 Å². The second-order valence-electron chi connectivity index (χ2n) is 4.55. The van der Waals surface area contributed by atoms with Gasteiger partial charge in [0.05, 0.1) is 22.4 Å². The highest BCUT2D eigenvalue weighted by molar-refractivity contribution is 7.90. The van der Waals surface area contributed by atoms with Crippen molar-refractivity contribution < 1.29 is 13.2 Å².